The minimum atomic E-state index is -0.535. The van der Waals surface area contributed by atoms with Crippen molar-refractivity contribution < 1.29 is 5.11 Å². The maximum atomic E-state index is 10.5. The Bertz CT molecular complexity index is 238. The summed E-state index contributed by atoms with van der Waals surface area (Å²) < 4.78 is 0. The quantitative estimate of drug-likeness (QED) is 0.688. The molecule has 0 spiro atoms. The Balaban J connectivity index is 2.92. The van der Waals surface area contributed by atoms with Crippen molar-refractivity contribution in [1.29, 1.82) is 0 Å². The summed E-state index contributed by atoms with van der Waals surface area (Å²) in [6.45, 7) is 10.8. The van der Waals surface area contributed by atoms with Crippen molar-refractivity contribution in [3.8, 4) is 0 Å². The summed E-state index contributed by atoms with van der Waals surface area (Å²) in [5, 5.41) is 10.5. The Kier molecular flexibility index (Phi) is 3.65. The van der Waals surface area contributed by atoms with Crippen molar-refractivity contribution >= 4 is 0 Å². The summed E-state index contributed by atoms with van der Waals surface area (Å²) in [4.78, 5) is 0. The van der Waals surface area contributed by atoms with Crippen molar-refractivity contribution in [1.82, 2.24) is 0 Å². The normalized spacial score (nSPS) is 40.1. The summed E-state index contributed by atoms with van der Waals surface area (Å²) in [5.41, 5.74) is -0.410. The van der Waals surface area contributed by atoms with Crippen molar-refractivity contribution in [2.24, 2.45) is 17.3 Å². The molecule has 0 amide bonds. The maximum absolute atomic E-state index is 10.5. The lowest BCUT2D eigenvalue weighted by Gasteiger charge is -2.36. The Morgan fingerprint density at radius 1 is 1.33 bits per heavy atom. The smallest absolute Gasteiger partial charge is 0.0658 e. The third-order valence-corrected chi connectivity index (χ3v) is 3.85. The Morgan fingerprint density at radius 2 is 1.93 bits per heavy atom. The zero-order valence-corrected chi connectivity index (χ0v) is 10.9. The molecule has 1 heteroatoms. The van der Waals surface area contributed by atoms with Crippen LogP contribution in [-0.2, 0) is 0 Å². The summed E-state index contributed by atoms with van der Waals surface area (Å²) in [5.74, 6) is 0.891. The van der Waals surface area contributed by atoms with Crippen LogP contribution >= 0.6 is 0 Å². The molecule has 1 rings (SSSR count). The zero-order chi connectivity index (χ0) is 11.7. The Morgan fingerprint density at radius 3 is 2.47 bits per heavy atom. The van der Waals surface area contributed by atoms with Gasteiger partial charge in [-0.05, 0) is 37.0 Å². The molecule has 1 N–H and O–H groups in total. The van der Waals surface area contributed by atoms with Gasteiger partial charge >= 0.3 is 0 Å². The van der Waals surface area contributed by atoms with Gasteiger partial charge in [0.25, 0.3) is 0 Å². The molecule has 88 valence electrons. The van der Waals surface area contributed by atoms with E-state index in [1.54, 1.807) is 0 Å². The van der Waals surface area contributed by atoms with E-state index in [2.05, 4.69) is 39.8 Å². The lowest BCUT2D eigenvalue weighted by molar-refractivity contribution is -0.0334. The molecule has 0 aromatic carbocycles. The Hall–Kier alpha value is -0.300. The minimum absolute atomic E-state index is 0.125. The highest BCUT2D eigenvalue weighted by atomic mass is 16.3. The van der Waals surface area contributed by atoms with E-state index in [0.29, 0.717) is 11.8 Å². The van der Waals surface area contributed by atoms with Crippen molar-refractivity contribution in [3.05, 3.63) is 12.2 Å². The molecule has 0 aromatic rings. The van der Waals surface area contributed by atoms with Crippen LogP contribution in [0.3, 0.4) is 0 Å². The van der Waals surface area contributed by atoms with Gasteiger partial charge in [0.1, 0.15) is 0 Å². The highest BCUT2D eigenvalue weighted by molar-refractivity contribution is 5.07. The molecule has 1 nitrogen and oxygen atoms in total. The van der Waals surface area contributed by atoms with E-state index in [-0.39, 0.29) is 5.41 Å². The summed E-state index contributed by atoms with van der Waals surface area (Å²) in [7, 11) is 0. The van der Waals surface area contributed by atoms with Gasteiger partial charge in [0.15, 0.2) is 0 Å². The summed E-state index contributed by atoms with van der Waals surface area (Å²) >= 11 is 0. The minimum Gasteiger partial charge on any atom is -0.390 e. The molecular formula is C14H26O. The van der Waals surface area contributed by atoms with E-state index in [1.165, 1.54) is 12.8 Å². The molecule has 3 unspecified atom stereocenters. The molecule has 0 aliphatic heterocycles. The molecule has 1 aliphatic carbocycles. The number of hydrogen-bond acceptors (Lipinski definition) is 1. The molecule has 15 heavy (non-hydrogen) atoms. The highest BCUT2D eigenvalue weighted by Crippen LogP contribution is 2.41. The van der Waals surface area contributed by atoms with Crippen molar-refractivity contribution in [3.63, 3.8) is 0 Å². The van der Waals surface area contributed by atoms with Crippen LogP contribution in [0.2, 0.25) is 0 Å². The standard InChI is InChI=1S/C14H26O/c1-6-7-12-8-9-13(3,4)10-14(5,15)11(12)2/h8-9,11-12,15H,6-7,10H2,1-5H3. The topological polar surface area (TPSA) is 20.2 Å². The van der Waals surface area contributed by atoms with Crippen LogP contribution < -0.4 is 0 Å². The molecule has 0 saturated carbocycles. The fourth-order valence-corrected chi connectivity index (χ4v) is 2.83. The van der Waals surface area contributed by atoms with Crippen LogP contribution in [0.5, 0.6) is 0 Å². The van der Waals surface area contributed by atoms with E-state index < -0.39 is 5.60 Å². The average molecular weight is 210 g/mol. The SMILES string of the molecule is CCCC1C=CC(C)(C)CC(C)(O)C1C. The van der Waals surface area contributed by atoms with Gasteiger partial charge in [0, 0.05) is 0 Å². The largest absolute Gasteiger partial charge is 0.390 e. The second kappa shape index (κ2) is 4.29. The van der Waals surface area contributed by atoms with Gasteiger partial charge in [-0.3, -0.25) is 0 Å². The first-order chi connectivity index (χ1) is 6.78. The molecule has 0 saturated heterocycles. The van der Waals surface area contributed by atoms with E-state index >= 15 is 0 Å². The number of rotatable bonds is 2. The van der Waals surface area contributed by atoms with Gasteiger partial charge in [0.05, 0.1) is 5.60 Å². The van der Waals surface area contributed by atoms with Gasteiger partial charge in [-0.2, -0.15) is 0 Å². The number of hydrogen-bond donors (Lipinski definition) is 1. The first kappa shape index (κ1) is 12.8. The molecule has 0 radical (unpaired) electrons. The highest BCUT2D eigenvalue weighted by Gasteiger charge is 2.39. The van der Waals surface area contributed by atoms with Crippen LogP contribution in [0.1, 0.15) is 53.9 Å². The van der Waals surface area contributed by atoms with Crippen LogP contribution in [-0.4, -0.2) is 10.7 Å². The van der Waals surface area contributed by atoms with Crippen LogP contribution in [0, 0.1) is 17.3 Å². The number of aliphatic hydroxyl groups is 1. The fourth-order valence-electron chi connectivity index (χ4n) is 2.83. The summed E-state index contributed by atoms with van der Waals surface area (Å²) in [6.07, 6.45) is 7.86. The van der Waals surface area contributed by atoms with Gasteiger partial charge in [-0.15, -0.1) is 0 Å². The molecule has 0 heterocycles. The predicted molar refractivity (Wildman–Crippen MR) is 65.7 cm³/mol. The second-order valence-electron chi connectivity index (χ2n) is 6.12. The van der Waals surface area contributed by atoms with Gasteiger partial charge in [-0.1, -0.05) is 46.3 Å². The lowest BCUT2D eigenvalue weighted by atomic mass is 9.74. The van der Waals surface area contributed by atoms with E-state index in [0.717, 1.165) is 6.42 Å². The summed E-state index contributed by atoms with van der Waals surface area (Å²) in [6, 6.07) is 0. The van der Waals surface area contributed by atoms with Crippen LogP contribution in [0.15, 0.2) is 12.2 Å². The monoisotopic (exact) mass is 210 g/mol. The number of allylic oxidation sites excluding steroid dienone is 2. The van der Waals surface area contributed by atoms with Crippen molar-refractivity contribution in [2.45, 2.75) is 59.5 Å². The fraction of sp³-hybridized carbons (Fsp3) is 0.857. The van der Waals surface area contributed by atoms with Gasteiger partial charge < -0.3 is 5.11 Å². The predicted octanol–water partition coefficient (Wildman–Crippen LogP) is 3.78. The average Bonchev–Trinajstić information content (AvgIpc) is 2.14. The van der Waals surface area contributed by atoms with Crippen LogP contribution in [0.4, 0.5) is 0 Å². The lowest BCUT2D eigenvalue weighted by Crippen LogP contribution is -2.38. The molecule has 0 fully saturated rings. The molecule has 3 atom stereocenters. The maximum Gasteiger partial charge on any atom is 0.0658 e. The van der Waals surface area contributed by atoms with Gasteiger partial charge in [0.2, 0.25) is 0 Å². The Labute approximate surface area is 94.6 Å². The van der Waals surface area contributed by atoms with E-state index in [9.17, 15) is 5.11 Å². The molecule has 1 aliphatic rings. The first-order valence-corrected chi connectivity index (χ1v) is 6.20. The van der Waals surface area contributed by atoms with Crippen molar-refractivity contribution in [2.75, 3.05) is 0 Å². The van der Waals surface area contributed by atoms with E-state index in [1.807, 2.05) is 6.92 Å². The zero-order valence-electron chi connectivity index (χ0n) is 10.9. The van der Waals surface area contributed by atoms with Crippen LogP contribution in [0.25, 0.3) is 0 Å². The second-order valence-corrected chi connectivity index (χ2v) is 6.12. The van der Waals surface area contributed by atoms with Gasteiger partial charge in [-0.25, -0.2) is 0 Å². The third kappa shape index (κ3) is 3.07. The van der Waals surface area contributed by atoms with E-state index in [4.69, 9.17) is 0 Å². The molecule has 0 bridgehead atoms. The molecular weight excluding hydrogens is 184 g/mol. The molecule has 0 aromatic heterocycles. The first-order valence-electron chi connectivity index (χ1n) is 6.20. The third-order valence-electron chi connectivity index (χ3n) is 3.85.